The van der Waals surface area contributed by atoms with Crippen molar-refractivity contribution >= 4 is 17.1 Å². The molecule has 1 aromatic carbocycles. The van der Waals surface area contributed by atoms with Crippen LogP contribution in [0, 0.1) is 27.2 Å². The molecule has 1 heterocycles. The highest BCUT2D eigenvalue weighted by Crippen LogP contribution is 2.45. The molecule has 0 aliphatic carbocycles. The summed E-state index contributed by atoms with van der Waals surface area (Å²) in [5.41, 5.74) is -1.25. The van der Waals surface area contributed by atoms with E-state index in [4.69, 9.17) is 4.74 Å². The molecule has 1 aliphatic rings. The Morgan fingerprint density at radius 2 is 1.77 bits per heavy atom. The van der Waals surface area contributed by atoms with E-state index in [1.807, 2.05) is 0 Å². The summed E-state index contributed by atoms with van der Waals surface area (Å²) in [5, 5.41) is 71.0. The third kappa shape index (κ3) is 3.18. The van der Waals surface area contributed by atoms with E-state index in [0.717, 1.165) is 13.0 Å². The number of anilines is 1. The summed E-state index contributed by atoms with van der Waals surface area (Å²) in [6.07, 6.45) is -8.43. The maximum Gasteiger partial charge on any atom is 0.287 e. The van der Waals surface area contributed by atoms with Crippen LogP contribution < -0.4 is 5.48 Å². The molecule has 1 aromatic rings. The molecular formula is C13H17N3O10. The van der Waals surface area contributed by atoms with E-state index in [1.165, 1.54) is 0 Å². The highest BCUT2D eigenvalue weighted by Gasteiger charge is 2.48. The van der Waals surface area contributed by atoms with E-state index in [-0.39, 0.29) is 5.56 Å². The van der Waals surface area contributed by atoms with Crippen LogP contribution in [0.2, 0.25) is 0 Å². The van der Waals surface area contributed by atoms with Crippen molar-refractivity contribution < 1.29 is 40.2 Å². The molecule has 0 radical (unpaired) electrons. The molecule has 13 nitrogen and oxygen atoms in total. The average Bonchev–Trinajstić information content (AvgIpc) is 2.59. The summed E-state index contributed by atoms with van der Waals surface area (Å²) in [4.78, 5) is 20.8. The van der Waals surface area contributed by atoms with E-state index in [9.17, 15) is 45.9 Å². The lowest BCUT2D eigenvalue weighted by Crippen LogP contribution is -2.55. The molecule has 2 rings (SSSR count). The lowest BCUT2D eigenvalue weighted by atomic mass is 9.88. The lowest BCUT2D eigenvalue weighted by Gasteiger charge is -2.40. The van der Waals surface area contributed by atoms with Crippen molar-refractivity contribution in [1.82, 2.24) is 0 Å². The van der Waals surface area contributed by atoms with Crippen molar-refractivity contribution in [1.29, 1.82) is 0 Å². The number of hydrogen-bond acceptors (Lipinski definition) is 11. The third-order valence-corrected chi connectivity index (χ3v) is 4.24. The Morgan fingerprint density at radius 1 is 1.15 bits per heavy atom. The fourth-order valence-electron chi connectivity index (χ4n) is 2.92. The minimum Gasteiger partial charge on any atom is -0.394 e. The van der Waals surface area contributed by atoms with Crippen LogP contribution in [-0.4, -0.2) is 66.5 Å². The smallest absolute Gasteiger partial charge is 0.287 e. The van der Waals surface area contributed by atoms with Crippen molar-refractivity contribution in [2.75, 3.05) is 12.1 Å². The van der Waals surface area contributed by atoms with Gasteiger partial charge in [-0.25, -0.2) is 0 Å². The number of aliphatic hydroxyl groups is 4. The molecule has 0 unspecified atom stereocenters. The van der Waals surface area contributed by atoms with Gasteiger partial charge in [0.05, 0.1) is 27.7 Å². The van der Waals surface area contributed by atoms with Crippen LogP contribution in [-0.2, 0) is 4.74 Å². The zero-order valence-electron chi connectivity index (χ0n) is 13.3. The number of ether oxygens (including phenoxy) is 1. The topological polar surface area (TPSA) is 209 Å². The Kier molecular flexibility index (Phi) is 5.70. The highest BCUT2D eigenvalue weighted by molar-refractivity contribution is 5.71. The second-order valence-corrected chi connectivity index (χ2v) is 5.71. The van der Waals surface area contributed by atoms with Crippen molar-refractivity contribution in [2.45, 2.75) is 37.4 Å². The molecule has 1 fully saturated rings. The molecule has 0 spiro atoms. The number of nitrogens with one attached hydrogen (secondary N) is 1. The van der Waals surface area contributed by atoms with Crippen LogP contribution >= 0.6 is 0 Å². The number of hydrogen-bond donors (Lipinski definition) is 6. The summed E-state index contributed by atoms with van der Waals surface area (Å²) in [7, 11) is 0. The van der Waals surface area contributed by atoms with Gasteiger partial charge in [-0.1, -0.05) is 0 Å². The number of nitro groups is 2. The van der Waals surface area contributed by atoms with Gasteiger partial charge >= 0.3 is 0 Å². The molecule has 0 aromatic heterocycles. The largest absolute Gasteiger partial charge is 0.394 e. The first kappa shape index (κ1) is 19.9. The minimum atomic E-state index is -1.88. The number of aliphatic hydroxyl groups excluding tert-OH is 4. The van der Waals surface area contributed by atoms with Crippen LogP contribution in [0.1, 0.15) is 17.2 Å². The van der Waals surface area contributed by atoms with E-state index in [1.54, 1.807) is 5.48 Å². The van der Waals surface area contributed by atoms with Crippen LogP contribution in [0.25, 0.3) is 0 Å². The van der Waals surface area contributed by atoms with E-state index in [2.05, 4.69) is 0 Å². The zero-order chi connectivity index (χ0) is 19.8. The molecular weight excluding hydrogens is 358 g/mol. The molecule has 0 bridgehead atoms. The number of nitro benzene ring substituents is 2. The van der Waals surface area contributed by atoms with Crippen molar-refractivity contribution in [3.8, 4) is 0 Å². The van der Waals surface area contributed by atoms with E-state index in [0.29, 0.717) is 0 Å². The van der Waals surface area contributed by atoms with Gasteiger partial charge in [0.2, 0.25) is 0 Å². The van der Waals surface area contributed by atoms with Gasteiger partial charge in [-0.3, -0.25) is 30.9 Å². The maximum absolute atomic E-state index is 11.5. The van der Waals surface area contributed by atoms with Gasteiger partial charge in [-0.2, -0.15) is 0 Å². The predicted molar refractivity (Wildman–Crippen MR) is 82.6 cm³/mol. The van der Waals surface area contributed by atoms with E-state index < -0.39 is 69.6 Å². The van der Waals surface area contributed by atoms with Gasteiger partial charge in [0.1, 0.15) is 36.1 Å². The number of benzene rings is 1. The van der Waals surface area contributed by atoms with Gasteiger partial charge in [0, 0.05) is 6.07 Å². The molecule has 0 saturated carbocycles. The average molecular weight is 375 g/mol. The SMILES string of the molecule is Cc1c([N+](=O)[O-])cc(NO)c([C@@H]2O[C@H](CO)[C@@H](O)[C@H](O)[C@H]2O)c1[N+](=O)[O-]. The fraction of sp³-hybridized carbons (Fsp3) is 0.538. The monoisotopic (exact) mass is 375 g/mol. The number of rotatable bonds is 5. The highest BCUT2D eigenvalue weighted by atomic mass is 16.6. The molecule has 26 heavy (non-hydrogen) atoms. The Bertz CT molecular complexity index is 725. The summed E-state index contributed by atoms with van der Waals surface area (Å²) in [6.45, 7) is 0.327. The quantitative estimate of drug-likeness (QED) is 0.275. The summed E-state index contributed by atoms with van der Waals surface area (Å²) in [5.74, 6) is 0. The Labute approximate surface area is 145 Å². The van der Waals surface area contributed by atoms with Crippen LogP contribution in [0.5, 0.6) is 0 Å². The summed E-state index contributed by atoms with van der Waals surface area (Å²) in [6, 6.07) is 0.805. The first-order valence-corrected chi connectivity index (χ1v) is 7.32. The van der Waals surface area contributed by atoms with Gasteiger partial charge in [-0.05, 0) is 6.92 Å². The van der Waals surface area contributed by atoms with Gasteiger partial charge in [-0.15, -0.1) is 0 Å². The molecule has 6 N–H and O–H groups in total. The fourth-order valence-corrected chi connectivity index (χ4v) is 2.92. The van der Waals surface area contributed by atoms with Crippen molar-refractivity contribution in [2.24, 2.45) is 0 Å². The predicted octanol–water partition coefficient (Wildman–Crippen LogP) is -0.873. The molecule has 1 aliphatic heterocycles. The zero-order valence-corrected chi connectivity index (χ0v) is 13.3. The third-order valence-electron chi connectivity index (χ3n) is 4.24. The maximum atomic E-state index is 11.5. The standard InChI is InChI=1S/C13H17N3O10/c1-4-6(15(22)23)2-5(14-21)8(9(4)16(24)25)13-12(20)11(19)10(18)7(3-17)26-13/h2,7,10-14,17-21H,3H2,1H3/t7-,10-,11+,12-,13+/m1/s1. The van der Waals surface area contributed by atoms with Gasteiger partial charge in [0.25, 0.3) is 11.4 Å². The molecule has 13 heteroatoms. The van der Waals surface area contributed by atoms with Crippen LogP contribution in [0.4, 0.5) is 17.1 Å². The number of nitrogens with zero attached hydrogens (tertiary/aromatic N) is 2. The van der Waals surface area contributed by atoms with Gasteiger partial charge < -0.3 is 25.2 Å². The van der Waals surface area contributed by atoms with E-state index >= 15 is 0 Å². The second-order valence-electron chi connectivity index (χ2n) is 5.71. The second kappa shape index (κ2) is 7.45. The lowest BCUT2D eigenvalue weighted by molar-refractivity contribution is -0.396. The summed E-state index contributed by atoms with van der Waals surface area (Å²) < 4.78 is 5.27. The normalized spacial score (nSPS) is 28.6. The van der Waals surface area contributed by atoms with Crippen molar-refractivity contribution in [3.63, 3.8) is 0 Å². The first-order chi connectivity index (χ1) is 12.1. The van der Waals surface area contributed by atoms with Crippen LogP contribution in [0.15, 0.2) is 6.07 Å². The Hall–Kier alpha value is -2.42. The molecule has 1 saturated heterocycles. The molecule has 144 valence electrons. The first-order valence-electron chi connectivity index (χ1n) is 7.32. The Morgan fingerprint density at radius 3 is 2.23 bits per heavy atom. The van der Waals surface area contributed by atoms with Gasteiger partial charge in [0.15, 0.2) is 0 Å². The summed E-state index contributed by atoms with van der Waals surface area (Å²) >= 11 is 0. The Balaban J connectivity index is 2.73. The molecule has 5 atom stereocenters. The minimum absolute atomic E-state index is 0.369. The molecule has 0 amide bonds. The van der Waals surface area contributed by atoms with Crippen LogP contribution in [0.3, 0.4) is 0 Å². The van der Waals surface area contributed by atoms with Crippen molar-refractivity contribution in [3.05, 3.63) is 37.4 Å².